The molecule has 4 aromatic rings. The number of carbonyl (C=O) groups excluding carboxylic acids is 2. The Morgan fingerprint density at radius 1 is 1.07 bits per heavy atom. The van der Waals surface area contributed by atoms with Crippen molar-refractivity contribution >= 4 is 66.7 Å². The fraction of sp³-hybridized carbons (Fsp3) is 0.0909. The Kier molecular flexibility index (Phi) is 5.69. The summed E-state index contributed by atoms with van der Waals surface area (Å²) in [4.78, 5) is 34.9. The van der Waals surface area contributed by atoms with Gasteiger partial charge in [0.05, 0.1) is 21.6 Å². The van der Waals surface area contributed by atoms with Crippen LogP contribution < -0.4 is 10.2 Å². The van der Waals surface area contributed by atoms with Crippen molar-refractivity contribution in [3.05, 3.63) is 71.2 Å². The van der Waals surface area contributed by atoms with Gasteiger partial charge in [0.15, 0.2) is 10.3 Å². The second-order valence-electron chi connectivity index (χ2n) is 6.51. The van der Waals surface area contributed by atoms with E-state index in [0.717, 1.165) is 21.5 Å². The summed E-state index contributed by atoms with van der Waals surface area (Å²) in [7, 11) is 0. The van der Waals surface area contributed by atoms with Gasteiger partial charge >= 0.3 is 0 Å². The Morgan fingerprint density at radius 2 is 1.87 bits per heavy atom. The molecule has 8 heteroatoms. The summed E-state index contributed by atoms with van der Waals surface area (Å²) in [5.41, 5.74) is 3.32. The summed E-state index contributed by atoms with van der Waals surface area (Å²) in [6.45, 7) is 3.49. The number of benzene rings is 2. The molecule has 0 aliphatic carbocycles. The van der Waals surface area contributed by atoms with Crippen LogP contribution in [0.25, 0.3) is 16.3 Å². The van der Waals surface area contributed by atoms with E-state index < -0.39 is 0 Å². The lowest BCUT2D eigenvalue weighted by Crippen LogP contribution is -2.22. The number of aryl methyl sites for hydroxylation is 1. The second kappa shape index (κ2) is 8.56. The molecule has 0 saturated heterocycles. The number of aromatic nitrogens is 2. The van der Waals surface area contributed by atoms with Crippen molar-refractivity contribution in [3.8, 4) is 0 Å². The van der Waals surface area contributed by atoms with Crippen LogP contribution in [0.1, 0.15) is 18.2 Å². The van der Waals surface area contributed by atoms with Gasteiger partial charge in [-0.2, -0.15) is 0 Å². The van der Waals surface area contributed by atoms with Crippen LogP contribution in [0.5, 0.6) is 0 Å². The molecule has 2 heterocycles. The number of hydrogen-bond donors (Lipinski definition) is 1. The van der Waals surface area contributed by atoms with Crippen LogP contribution in [0, 0.1) is 6.92 Å². The smallest absolute Gasteiger partial charge is 0.250 e. The van der Waals surface area contributed by atoms with E-state index in [4.69, 9.17) is 0 Å². The Bertz CT molecular complexity index is 1240. The molecular weight excluding hydrogens is 416 g/mol. The third-order valence-corrected chi connectivity index (χ3v) is 6.07. The van der Waals surface area contributed by atoms with Crippen LogP contribution in [0.15, 0.2) is 60.0 Å². The highest BCUT2D eigenvalue weighted by Crippen LogP contribution is 2.29. The van der Waals surface area contributed by atoms with E-state index in [9.17, 15) is 9.59 Å². The van der Waals surface area contributed by atoms with E-state index in [-0.39, 0.29) is 11.8 Å². The first-order chi connectivity index (χ1) is 14.5. The molecular formula is C22H18N4O2S2. The zero-order valence-corrected chi connectivity index (χ0v) is 18.0. The molecule has 0 bridgehead atoms. The van der Waals surface area contributed by atoms with Crippen molar-refractivity contribution in [1.29, 1.82) is 0 Å². The molecule has 0 atom stereocenters. The standard InChI is InChI=1S/C22H18N4O2S2/c1-14-7-6-10-18-20(14)25-21(30-18)24-19(28)12-11-16-13-29-22(23-16)26(15(2)27)17-8-4-3-5-9-17/h3-13H,1-2H3,(H,24,25,28)/b12-11+. The molecule has 150 valence electrons. The average molecular weight is 435 g/mol. The molecule has 0 spiro atoms. The van der Waals surface area contributed by atoms with Crippen LogP contribution in [0.4, 0.5) is 16.0 Å². The van der Waals surface area contributed by atoms with Gasteiger partial charge in [-0.3, -0.25) is 19.8 Å². The molecule has 0 aliphatic rings. The average Bonchev–Trinajstić information content (AvgIpc) is 3.35. The normalized spacial score (nSPS) is 11.1. The zero-order chi connectivity index (χ0) is 21.1. The fourth-order valence-corrected chi connectivity index (χ4v) is 4.71. The minimum absolute atomic E-state index is 0.130. The van der Waals surface area contributed by atoms with Crippen LogP contribution >= 0.6 is 22.7 Å². The van der Waals surface area contributed by atoms with Gasteiger partial charge in [-0.15, -0.1) is 11.3 Å². The fourth-order valence-electron chi connectivity index (χ4n) is 2.91. The van der Waals surface area contributed by atoms with Gasteiger partial charge in [-0.05, 0) is 36.8 Å². The number of rotatable bonds is 5. The Morgan fingerprint density at radius 3 is 2.60 bits per heavy atom. The first-order valence-corrected chi connectivity index (χ1v) is 10.9. The number of anilines is 3. The molecule has 2 amide bonds. The van der Waals surface area contributed by atoms with Crippen LogP contribution in [-0.4, -0.2) is 21.8 Å². The molecule has 2 aromatic carbocycles. The van der Waals surface area contributed by atoms with E-state index in [1.54, 1.807) is 16.4 Å². The highest BCUT2D eigenvalue weighted by molar-refractivity contribution is 7.22. The molecule has 2 aromatic heterocycles. The zero-order valence-electron chi connectivity index (χ0n) is 16.3. The number of nitrogens with zero attached hydrogens (tertiary/aromatic N) is 3. The summed E-state index contributed by atoms with van der Waals surface area (Å²) in [5, 5.41) is 5.71. The third-order valence-electron chi connectivity index (χ3n) is 4.29. The number of amides is 2. The predicted octanol–water partition coefficient (Wildman–Crippen LogP) is 5.40. The minimum Gasteiger partial charge on any atom is -0.298 e. The minimum atomic E-state index is -0.284. The maximum Gasteiger partial charge on any atom is 0.250 e. The Balaban J connectivity index is 1.47. The maximum atomic E-state index is 12.3. The number of hydrogen-bond acceptors (Lipinski definition) is 6. The summed E-state index contributed by atoms with van der Waals surface area (Å²) >= 11 is 2.78. The third kappa shape index (κ3) is 4.29. The first kappa shape index (κ1) is 19.9. The van der Waals surface area contributed by atoms with Crippen molar-refractivity contribution in [1.82, 2.24) is 9.97 Å². The lowest BCUT2D eigenvalue weighted by molar-refractivity contribution is -0.116. The maximum absolute atomic E-state index is 12.3. The molecule has 6 nitrogen and oxygen atoms in total. The van der Waals surface area contributed by atoms with Crippen molar-refractivity contribution in [3.63, 3.8) is 0 Å². The molecule has 4 rings (SSSR count). The van der Waals surface area contributed by atoms with Crippen LogP contribution in [0.2, 0.25) is 0 Å². The van der Waals surface area contributed by atoms with Gasteiger partial charge < -0.3 is 0 Å². The molecule has 0 saturated carbocycles. The van der Waals surface area contributed by atoms with E-state index in [1.807, 2.05) is 55.5 Å². The van der Waals surface area contributed by atoms with Crippen molar-refractivity contribution in [2.45, 2.75) is 13.8 Å². The second-order valence-corrected chi connectivity index (χ2v) is 8.38. The number of fused-ring (bicyclic) bond motifs is 1. The first-order valence-electron chi connectivity index (χ1n) is 9.18. The largest absolute Gasteiger partial charge is 0.298 e. The highest BCUT2D eigenvalue weighted by Gasteiger charge is 2.17. The highest BCUT2D eigenvalue weighted by atomic mass is 32.1. The Labute approximate surface area is 181 Å². The number of para-hydroxylation sites is 2. The number of nitrogens with one attached hydrogen (secondary N) is 1. The van der Waals surface area contributed by atoms with Crippen molar-refractivity contribution in [2.24, 2.45) is 0 Å². The van der Waals surface area contributed by atoms with Gasteiger partial charge in [0.25, 0.3) is 0 Å². The predicted molar refractivity (Wildman–Crippen MR) is 123 cm³/mol. The summed E-state index contributed by atoms with van der Waals surface area (Å²) in [6.07, 6.45) is 3.04. The quantitative estimate of drug-likeness (QED) is 0.427. The van der Waals surface area contributed by atoms with Crippen molar-refractivity contribution < 1.29 is 9.59 Å². The van der Waals surface area contributed by atoms with Crippen LogP contribution in [0.3, 0.4) is 0 Å². The van der Waals surface area contributed by atoms with Gasteiger partial charge in [-0.25, -0.2) is 9.97 Å². The molecule has 0 aliphatic heterocycles. The summed E-state index contributed by atoms with van der Waals surface area (Å²) < 4.78 is 1.03. The van der Waals surface area contributed by atoms with Crippen molar-refractivity contribution in [2.75, 3.05) is 10.2 Å². The summed E-state index contributed by atoms with van der Waals surface area (Å²) in [6, 6.07) is 15.3. The number of carbonyl (C=O) groups is 2. The number of thiazole rings is 2. The van der Waals surface area contributed by atoms with E-state index in [1.165, 1.54) is 35.7 Å². The summed E-state index contributed by atoms with van der Waals surface area (Å²) in [5.74, 6) is -0.414. The SMILES string of the molecule is CC(=O)N(c1ccccc1)c1nc(/C=C/C(=O)Nc2nc3c(C)cccc3s2)cs1. The van der Waals surface area contributed by atoms with Gasteiger partial charge in [-0.1, -0.05) is 41.7 Å². The van der Waals surface area contributed by atoms with Gasteiger partial charge in [0.1, 0.15) is 0 Å². The molecule has 0 fully saturated rings. The van der Waals surface area contributed by atoms with Gasteiger partial charge in [0, 0.05) is 18.4 Å². The topological polar surface area (TPSA) is 75.2 Å². The van der Waals surface area contributed by atoms with Gasteiger partial charge in [0.2, 0.25) is 11.8 Å². The van der Waals surface area contributed by atoms with Crippen LogP contribution in [-0.2, 0) is 9.59 Å². The lowest BCUT2D eigenvalue weighted by atomic mass is 10.2. The Hall–Kier alpha value is -3.36. The van der Waals surface area contributed by atoms with E-state index >= 15 is 0 Å². The molecule has 0 unspecified atom stereocenters. The van der Waals surface area contributed by atoms with E-state index in [2.05, 4.69) is 15.3 Å². The lowest BCUT2D eigenvalue weighted by Gasteiger charge is -2.17. The molecule has 1 N–H and O–H groups in total. The monoisotopic (exact) mass is 434 g/mol. The molecule has 0 radical (unpaired) electrons. The molecule has 30 heavy (non-hydrogen) atoms. The van der Waals surface area contributed by atoms with E-state index in [0.29, 0.717) is 16.0 Å².